The Bertz CT molecular complexity index is 549. The highest BCUT2D eigenvalue weighted by atomic mass is 16.5. The van der Waals surface area contributed by atoms with E-state index in [1.807, 2.05) is 6.92 Å². The summed E-state index contributed by atoms with van der Waals surface area (Å²) in [6.07, 6.45) is 9.58. The molecule has 2 fully saturated rings. The van der Waals surface area contributed by atoms with Gasteiger partial charge in [0.15, 0.2) is 0 Å². The van der Waals surface area contributed by atoms with Gasteiger partial charge < -0.3 is 9.84 Å². The van der Waals surface area contributed by atoms with Crippen molar-refractivity contribution >= 4 is 5.97 Å². The van der Waals surface area contributed by atoms with Crippen LogP contribution in [0.25, 0.3) is 0 Å². The summed E-state index contributed by atoms with van der Waals surface area (Å²) in [4.78, 5) is 12.6. The monoisotopic (exact) mass is 334 g/mol. The molecule has 3 heteroatoms. The summed E-state index contributed by atoms with van der Waals surface area (Å²) in [5.41, 5.74) is 0.712. The van der Waals surface area contributed by atoms with Crippen LogP contribution >= 0.6 is 0 Å². The van der Waals surface area contributed by atoms with Gasteiger partial charge in [0.05, 0.1) is 18.1 Å². The van der Waals surface area contributed by atoms with E-state index in [0.717, 1.165) is 38.5 Å². The molecule has 0 unspecified atom stereocenters. The highest BCUT2D eigenvalue weighted by Crippen LogP contribution is 2.63. The third-order valence-corrected chi connectivity index (χ3v) is 7.98. The summed E-state index contributed by atoms with van der Waals surface area (Å²) in [7, 11) is 1.53. The van der Waals surface area contributed by atoms with Crippen LogP contribution in [-0.2, 0) is 9.53 Å². The summed E-state index contributed by atoms with van der Waals surface area (Å²) in [6, 6.07) is 0. The first-order valence-electron chi connectivity index (χ1n) is 9.66. The van der Waals surface area contributed by atoms with E-state index in [0.29, 0.717) is 11.8 Å². The molecule has 0 aromatic carbocycles. The van der Waals surface area contributed by atoms with Gasteiger partial charge in [0, 0.05) is 5.92 Å². The van der Waals surface area contributed by atoms with Crippen molar-refractivity contribution < 1.29 is 14.6 Å². The normalized spacial score (nSPS) is 48.6. The van der Waals surface area contributed by atoms with E-state index in [9.17, 15) is 9.90 Å². The van der Waals surface area contributed by atoms with Crippen molar-refractivity contribution in [2.45, 2.75) is 78.2 Å². The predicted molar refractivity (Wildman–Crippen MR) is 95.4 cm³/mol. The summed E-state index contributed by atoms with van der Waals surface area (Å²) < 4.78 is 5.20. The van der Waals surface area contributed by atoms with Crippen molar-refractivity contribution in [2.75, 3.05) is 7.11 Å². The second-order valence-corrected chi connectivity index (χ2v) is 9.34. The molecule has 0 saturated heterocycles. The average Bonchev–Trinajstić information content (AvgIpc) is 2.63. The lowest BCUT2D eigenvalue weighted by Crippen LogP contribution is -2.53. The minimum atomic E-state index is -0.615. The minimum Gasteiger partial charge on any atom is -0.469 e. The van der Waals surface area contributed by atoms with Gasteiger partial charge in [-0.2, -0.15) is 0 Å². The van der Waals surface area contributed by atoms with Crippen LogP contribution in [0.3, 0.4) is 0 Å². The van der Waals surface area contributed by atoms with E-state index >= 15 is 0 Å². The molecular formula is C21H34O3. The van der Waals surface area contributed by atoms with Crippen molar-refractivity contribution in [1.29, 1.82) is 0 Å². The molecule has 6 atom stereocenters. The van der Waals surface area contributed by atoms with E-state index < -0.39 is 5.60 Å². The maximum Gasteiger partial charge on any atom is 0.311 e. The lowest BCUT2D eigenvalue weighted by molar-refractivity contribution is -0.168. The van der Waals surface area contributed by atoms with E-state index in [1.54, 1.807) is 0 Å². The Balaban J connectivity index is 1.98. The molecular weight excluding hydrogens is 300 g/mol. The van der Waals surface area contributed by atoms with Gasteiger partial charge in [0.25, 0.3) is 0 Å². The standard InChI is InChI=1S/C21H34O3/c1-14-13-15-7-8-17-19(2,16(15)9-12-21(14,4)23)10-6-11-20(17,3)18(22)24-5/h13-14,16-17,23H,6-12H2,1-5H3/t14-,16+,17-,19-,20-,21-/m1/s1. The van der Waals surface area contributed by atoms with Crippen LogP contribution in [0.2, 0.25) is 0 Å². The molecule has 136 valence electrons. The van der Waals surface area contributed by atoms with E-state index in [4.69, 9.17) is 4.74 Å². The Morgan fingerprint density at radius 3 is 2.58 bits per heavy atom. The number of aliphatic hydroxyl groups is 1. The third-order valence-electron chi connectivity index (χ3n) is 7.98. The summed E-state index contributed by atoms with van der Waals surface area (Å²) in [6.45, 7) is 8.65. The lowest BCUT2D eigenvalue weighted by atomic mass is 9.46. The number of carbonyl (C=O) groups excluding carboxylic acids is 1. The van der Waals surface area contributed by atoms with E-state index in [-0.39, 0.29) is 22.7 Å². The molecule has 3 nitrogen and oxygen atoms in total. The summed E-state index contributed by atoms with van der Waals surface area (Å²) in [5, 5.41) is 10.8. The molecule has 1 N–H and O–H groups in total. The fraction of sp³-hybridized carbons (Fsp3) is 0.857. The van der Waals surface area contributed by atoms with Crippen molar-refractivity contribution in [3.8, 4) is 0 Å². The second kappa shape index (κ2) is 5.86. The maximum atomic E-state index is 12.6. The van der Waals surface area contributed by atoms with Gasteiger partial charge in [0.1, 0.15) is 0 Å². The number of allylic oxidation sites excluding steroid dienone is 1. The largest absolute Gasteiger partial charge is 0.469 e. The molecule has 0 bridgehead atoms. The first kappa shape index (κ1) is 18.0. The molecule has 0 aromatic heterocycles. The van der Waals surface area contributed by atoms with Gasteiger partial charge in [0.2, 0.25) is 0 Å². The zero-order valence-corrected chi connectivity index (χ0v) is 16.0. The molecule has 3 aliphatic rings. The number of esters is 1. The molecule has 2 saturated carbocycles. The smallest absolute Gasteiger partial charge is 0.311 e. The summed E-state index contributed by atoms with van der Waals surface area (Å²) >= 11 is 0. The molecule has 0 aromatic rings. The average molecular weight is 335 g/mol. The van der Waals surface area contributed by atoms with Crippen LogP contribution in [-0.4, -0.2) is 23.8 Å². The molecule has 0 heterocycles. The Morgan fingerprint density at radius 2 is 1.92 bits per heavy atom. The lowest BCUT2D eigenvalue weighted by Gasteiger charge is -2.57. The van der Waals surface area contributed by atoms with E-state index in [1.165, 1.54) is 19.1 Å². The van der Waals surface area contributed by atoms with Gasteiger partial charge in [-0.1, -0.05) is 31.9 Å². The minimum absolute atomic E-state index is 0.0279. The molecule has 0 aliphatic heterocycles. The summed E-state index contributed by atoms with van der Waals surface area (Å²) in [5.74, 6) is 1.05. The Kier molecular flexibility index (Phi) is 4.39. The van der Waals surface area contributed by atoms with Crippen molar-refractivity contribution in [3.63, 3.8) is 0 Å². The molecule has 3 aliphatic carbocycles. The first-order chi connectivity index (χ1) is 11.1. The topological polar surface area (TPSA) is 46.5 Å². The van der Waals surface area contributed by atoms with Gasteiger partial charge in [-0.25, -0.2) is 0 Å². The molecule has 0 amide bonds. The zero-order chi connectivity index (χ0) is 17.8. The van der Waals surface area contributed by atoms with Crippen molar-refractivity contribution in [3.05, 3.63) is 11.6 Å². The van der Waals surface area contributed by atoms with Gasteiger partial charge in [-0.05, 0) is 69.6 Å². The Hall–Kier alpha value is -0.830. The Morgan fingerprint density at radius 1 is 1.21 bits per heavy atom. The maximum absolute atomic E-state index is 12.6. The van der Waals surface area contributed by atoms with Crippen LogP contribution < -0.4 is 0 Å². The quantitative estimate of drug-likeness (QED) is 0.568. The molecule has 3 rings (SSSR count). The number of methoxy groups -OCH3 is 1. The molecule has 24 heavy (non-hydrogen) atoms. The number of carbonyl (C=O) groups is 1. The number of hydrogen-bond donors (Lipinski definition) is 1. The van der Waals surface area contributed by atoms with Crippen LogP contribution in [0.5, 0.6) is 0 Å². The van der Waals surface area contributed by atoms with Crippen LogP contribution in [0.1, 0.15) is 72.6 Å². The fourth-order valence-electron chi connectivity index (χ4n) is 6.24. The van der Waals surface area contributed by atoms with Gasteiger partial charge >= 0.3 is 5.97 Å². The number of hydrogen-bond acceptors (Lipinski definition) is 3. The molecule has 0 spiro atoms. The van der Waals surface area contributed by atoms with Crippen molar-refractivity contribution in [1.82, 2.24) is 0 Å². The Labute approximate surface area is 146 Å². The van der Waals surface area contributed by atoms with E-state index in [2.05, 4.69) is 26.8 Å². The SMILES string of the molecule is COC(=O)[C@]1(C)CCC[C@@]2(C)[C@H]1CCC1=C[C@@H](C)[C@](C)(O)CC[C@@H]12. The third kappa shape index (κ3) is 2.55. The number of ether oxygens (including phenoxy) is 1. The highest BCUT2D eigenvalue weighted by Gasteiger charge is 2.58. The van der Waals surface area contributed by atoms with Gasteiger partial charge in [-0.15, -0.1) is 0 Å². The fourth-order valence-corrected chi connectivity index (χ4v) is 6.24. The van der Waals surface area contributed by atoms with Gasteiger partial charge in [-0.3, -0.25) is 4.79 Å². The number of rotatable bonds is 1. The highest BCUT2D eigenvalue weighted by molar-refractivity contribution is 5.77. The van der Waals surface area contributed by atoms with Crippen LogP contribution in [0.4, 0.5) is 0 Å². The van der Waals surface area contributed by atoms with Crippen molar-refractivity contribution in [2.24, 2.45) is 28.6 Å². The van der Waals surface area contributed by atoms with Crippen LogP contribution in [0, 0.1) is 28.6 Å². The zero-order valence-electron chi connectivity index (χ0n) is 16.0. The number of fused-ring (bicyclic) bond motifs is 3. The first-order valence-corrected chi connectivity index (χ1v) is 9.66. The predicted octanol–water partition coefficient (Wildman–Crippen LogP) is 4.49. The molecule has 0 radical (unpaired) electrons. The van der Waals surface area contributed by atoms with Crippen LogP contribution in [0.15, 0.2) is 11.6 Å². The second-order valence-electron chi connectivity index (χ2n) is 9.34.